The minimum atomic E-state index is -0.994. The summed E-state index contributed by atoms with van der Waals surface area (Å²) in [6, 6.07) is 12.8. The van der Waals surface area contributed by atoms with Crippen molar-refractivity contribution in [3.8, 4) is 11.5 Å². The topological polar surface area (TPSA) is 114 Å². The number of hydroxylamine groups is 6. The lowest BCUT2D eigenvalue weighted by Gasteiger charge is -2.54. The number of aliphatic hydroxyl groups is 1. The lowest BCUT2D eigenvalue weighted by atomic mass is 10.1. The summed E-state index contributed by atoms with van der Waals surface area (Å²) in [7, 11) is 1.53. The fourth-order valence-corrected chi connectivity index (χ4v) is 4.11. The van der Waals surface area contributed by atoms with Crippen LogP contribution in [0.1, 0.15) is 11.1 Å². The van der Waals surface area contributed by atoms with Gasteiger partial charge in [0.05, 0.1) is 7.11 Å². The molecular weight excluding hydrogens is 426 g/mol. The van der Waals surface area contributed by atoms with Gasteiger partial charge in [-0.2, -0.15) is 0 Å². The summed E-state index contributed by atoms with van der Waals surface area (Å²) in [5.41, 5.74) is 2.58. The summed E-state index contributed by atoms with van der Waals surface area (Å²) in [5.74, 6) is 0.667. The van der Waals surface area contributed by atoms with Crippen LogP contribution in [0.15, 0.2) is 42.5 Å². The molecule has 1 aliphatic rings. The molecule has 1 atom stereocenters. The molecule has 2 aromatic carbocycles. The number of amides is 1. The van der Waals surface area contributed by atoms with Gasteiger partial charge in [0.2, 0.25) is 0 Å². The van der Waals surface area contributed by atoms with E-state index in [1.54, 1.807) is 18.2 Å². The lowest BCUT2D eigenvalue weighted by Crippen LogP contribution is -2.65. The third-order valence-corrected chi connectivity index (χ3v) is 6.05. The van der Waals surface area contributed by atoms with Gasteiger partial charge in [0.1, 0.15) is 45.4 Å². The van der Waals surface area contributed by atoms with E-state index < -0.39 is 15.4 Å². The summed E-state index contributed by atoms with van der Waals surface area (Å²) in [4.78, 5) is 12.5. The van der Waals surface area contributed by atoms with Crippen molar-refractivity contribution in [1.82, 2.24) is 0 Å². The lowest BCUT2D eigenvalue weighted by molar-refractivity contribution is -0.987. The highest BCUT2D eigenvalue weighted by molar-refractivity contribution is 5.93. The summed E-state index contributed by atoms with van der Waals surface area (Å²) in [5, 5.41) is 39.3. The predicted molar refractivity (Wildman–Crippen MR) is 125 cm³/mol. The second kappa shape index (κ2) is 10.5. The zero-order valence-electron chi connectivity index (χ0n) is 19.5. The Labute approximate surface area is 194 Å². The van der Waals surface area contributed by atoms with Crippen molar-refractivity contribution in [3.05, 3.63) is 64.0 Å². The Morgan fingerprint density at radius 2 is 1.58 bits per heavy atom. The molecule has 1 heterocycles. The second-order valence-electron chi connectivity index (χ2n) is 8.78. The molecule has 0 aromatic heterocycles. The highest BCUT2D eigenvalue weighted by Crippen LogP contribution is 2.26. The predicted octanol–water partition coefficient (Wildman–Crippen LogP) is 2.33. The van der Waals surface area contributed by atoms with E-state index in [9.17, 15) is 20.3 Å². The van der Waals surface area contributed by atoms with Crippen LogP contribution >= 0.6 is 0 Å². The normalized spacial score (nSPS) is 23.6. The first-order valence-electron chi connectivity index (χ1n) is 11.1. The molecule has 9 heteroatoms. The zero-order valence-corrected chi connectivity index (χ0v) is 19.5. The highest BCUT2D eigenvalue weighted by Gasteiger charge is 2.35. The number of piperazine rings is 1. The number of carbonyl (C=O) groups excluding carboxylic acids is 1. The number of benzene rings is 2. The maximum absolute atomic E-state index is 13.1. The van der Waals surface area contributed by atoms with Crippen LogP contribution in [-0.2, 0) is 4.79 Å². The Kier molecular flexibility index (Phi) is 7.93. The third-order valence-electron chi connectivity index (χ3n) is 6.05. The molecule has 0 aliphatic carbocycles. The number of rotatable bonds is 9. The van der Waals surface area contributed by atoms with Crippen LogP contribution < -0.4 is 14.8 Å². The fourth-order valence-electron chi connectivity index (χ4n) is 4.11. The van der Waals surface area contributed by atoms with E-state index in [1.165, 1.54) is 7.11 Å². The molecule has 1 saturated heterocycles. The summed E-state index contributed by atoms with van der Waals surface area (Å²) in [6.45, 7) is 3.52. The number of ether oxygens (including phenoxy) is 2. The molecule has 180 valence electrons. The molecule has 1 aliphatic heterocycles. The maximum atomic E-state index is 13.1. The van der Waals surface area contributed by atoms with Crippen LogP contribution in [0.2, 0.25) is 0 Å². The maximum Gasteiger partial charge on any atom is 0.279 e. The van der Waals surface area contributed by atoms with E-state index in [2.05, 4.69) is 5.32 Å². The number of methoxy groups -OCH3 is 1. The molecular formula is C24H33N3O6. The van der Waals surface area contributed by atoms with Gasteiger partial charge in [0.25, 0.3) is 5.91 Å². The third kappa shape index (κ3) is 6.66. The number of quaternary nitrogens is 2. The van der Waals surface area contributed by atoms with Crippen molar-refractivity contribution < 1.29 is 28.7 Å². The summed E-state index contributed by atoms with van der Waals surface area (Å²) < 4.78 is 9.39. The Bertz CT molecular complexity index is 939. The smallest absolute Gasteiger partial charge is 0.279 e. The molecule has 1 fully saturated rings. The number of nitrogens with one attached hydrogen (secondary N) is 1. The Hall–Kier alpha value is -2.69. The SMILES string of the molecule is COc1ccccc1OC[C@H](O)C[N+]1([O-])CC[N+]([O-])(CC(=O)Nc2c(C)cccc2C)CC1. The molecule has 0 unspecified atom stereocenters. The van der Waals surface area contributed by atoms with Crippen molar-refractivity contribution >= 4 is 11.6 Å². The number of aryl methyl sites for hydroxylation is 2. The quantitative estimate of drug-likeness (QED) is 0.440. The van der Waals surface area contributed by atoms with Crippen LogP contribution in [0.4, 0.5) is 5.69 Å². The average molecular weight is 460 g/mol. The number of aliphatic hydroxyl groups excluding tert-OH is 1. The van der Waals surface area contributed by atoms with Gasteiger partial charge < -0.3 is 39.6 Å². The van der Waals surface area contributed by atoms with Gasteiger partial charge in [-0.1, -0.05) is 30.3 Å². The number of carbonyl (C=O) groups is 1. The molecule has 9 nitrogen and oxygen atoms in total. The van der Waals surface area contributed by atoms with Crippen LogP contribution in [0.25, 0.3) is 0 Å². The van der Waals surface area contributed by atoms with Gasteiger partial charge in [0, 0.05) is 5.69 Å². The number of anilines is 1. The standard InChI is InChI=1S/C24H33N3O6/c1-18-7-6-8-19(2)24(18)25-23(29)16-27(31)13-11-26(30,12-14-27)15-20(28)17-33-22-10-5-4-9-21(22)32-3/h4-10,20,28H,11-17H2,1-3H3,(H,25,29)/t20-,26?,27?/m1/s1. The van der Waals surface area contributed by atoms with Gasteiger partial charge >= 0.3 is 0 Å². The van der Waals surface area contributed by atoms with Gasteiger partial charge in [-0.25, -0.2) is 0 Å². The first kappa shape index (κ1) is 24.9. The Morgan fingerprint density at radius 1 is 1.00 bits per heavy atom. The number of para-hydroxylation sites is 3. The number of hydrogen-bond donors (Lipinski definition) is 2. The van der Waals surface area contributed by atoms with Gasteiger partial charge in [-0.3, -0.25) is 4.79 Å². The first-order valence-corrected chi connectivity index (χ1v) is 11.1. The second-order valence-corrected chi connectivity index (χ2v) is 8.78. The van der Waals surface area contributed by atoms with E-state index in [-0.39, 0.29) is 51.8 Å². The van der Waals surface area contributed by atoms with E-state index in [0.717, 1.165) is 16.8 Å². The van der Waals surface area contributed by atoms with Crippen LogP contribution in [-0.4, -0.2) is 79.4 Å². The largest absolute Gasteiger partial charge is 0.632 e. The van der Waals surface area contributed by atoms with E-state index >= 15 is 0 Å². The molecule has 2 N–H and O–H groups in total. The average Bonchev–Trinajstić information content (AvgIpc) is 2.77. The number of nitrogens with zero attached hydrogens (tertiary/aromatic N) is 2. The molecule has 2 aromatic rings. The van der Waals surface area contributed by atoms with Crippen LogP contribution in [0.5, 0.6) is 11.5 Å². The highest BCUT2D eigenvalue weighted by atomic mass is 16.6. The number of hydrogen-bond acceptors (Lipinski definition) is 6. The molecule has 0 spiro atoms. The summed E-state index contributed by atoms with van der Waals surface area (Å²) >= 11 is 0. The Balaban J connectivity index is 1.49. The summed E-state index contributed by atoms with van der Waals surface area (Å²) in [6.07, 6.45) is -0.994. The monoisotopic (exact) mass is 459 g/mol. The van der Waals surface area contributed by atoms with Crippen molar-refractivity contribution in [3.63, 3.8) is 0 Å². The molecule has 1 amide bonds. The van der Waals surface area contributed by atoms with E-state index in [4.69, 9.17) is 9.47 Å². The zero-order chi connectivity index (χ0) is 24.1. The molecule has 0 radical (unpaired) electrons. The molecule has 0 bridgehead atoms. The fraction of sp³-hybridized carbons (Fsp3) is 0.458. The Morgan fingerprint density at radius 3 is 2.18 bits per heavy atom. The van der Waals surface area contributed by atoms with Crippen LogP contribution in [0, 0.1) is 24.3 Å². The van der Waals surface area contributed by atoms with Crippen molar-refractivity contribution in [2.24, 2.45) is 0 Å². The minimum absolute atomic E-state index is 0.0176. The molecule has 33 heavy (non-hydrogen) atoms. The molecule has 0 saturated carbocycles. The van der Waals surface area contributed by atoms with E-state index in [1.807, 2.05) is 38.1 Å². The van der Waals surface area contributed by atoms with E-state index in [0.29, 0.717) is 11.5 Å². The first-order chi connectivity index (χ1) is 15.6. The van der Waals surface area contributed by atoms with Gasteiger partial charge in [-0.15, -0.1) is 0 Å². The molecule has 3 rings (SSSR count). The van der Waals surface area contributed by atoms with Crippen LogP contribution in [0.3, 0.4) is 0 Å². The van der Waals surface area contributed by atoms with Gasteiger partial charge in [-0.05, 0) is 37.1 Å². The van der Waals surface area contributed by atoms with Crippen molar-refractivity contribution in [2.45, 2.75) is 20.0 Å². The van der Waals surface area contributed by atoms with Crippen molar-refractivity contribution in [1.29, 1.82) is 0 Å². The van der Waals surface area contributed by atoms with Crippen molar-refractivity contribution in [2.75, 3.05) is 58.3 Å². The van der Waals surface area contributed by atoms with Gasteiger partial charge in [0.15, 0.2) is 18.0 Å². The minimum Gasteiger partial charge on any atom is -0.632 e.